The SMILES string of the molecule is COC[C@@H](N=CC(C)(C)C)C(C)C. The Hall–Kier alpha value is -0.370. The fraction of sp³-hybridized carbons (Fsp3) is 0.909. The van der Waals surface area contributed by atoms with Crippen LogP contribution in [0.1, 0.15) is 34.6 Å². The Morgan fingerprint density at radius 2 is 1.85 bits per heavy atom. The van der Waals surface area contributed by atoms with Gasteiger partial charge in [-0.05, 0) is 11.3 Å². The van der Waals surface area contributed by atoms with Crippen LogP contribution in [0, 0.1) is 11.3 Å². The van der Waals surface area contributed by atoms with Crippen LogP contribution in [-0.4, -0.2) is 26.0 Å². The second-order valence-corrected chi connectivity index (χ2v) is 4.91. The van der Waals surface area contributed by atoms with Crippen molar-refractivity contribution in [2.24, 2.45) is 16.3 Å². The quantitative estimate of drug-likeness (QED) is 0.617. The van der Waals surface area contributed by atoms with Crippen LogP contribution in [0.3, 0.4) is 0 Å². The molecule has 0 N–H and O–H groups in total. The number of nitrogens with zero attached hydrogens (tertiary/aromatic N) is 1. The summed E-state index contributed by atoms with van der Waals surface area (Å²) in [5.74, 6) is 0.540. The van der Waals surface area contributed by atoms with E-state index in [-0.39, 0.29) is 5.41 Å². The Bertz CT molecular complexity index is 156. The van der Waals surface area contributed by atoms with Crippen molar-refractivity contribution < 1.29 is 4.74 Å². The van der Waals surface area contributed by atoms with Gasteiger partial charge in [0.1, 0.15) is 0 Å². The van der Waals surface area contributed by atoms with E-state index in [2.05, 4.69) is 39.6 Å². The molecule has 0 heterocycles. The van der Waals surface area contributed by atoms with Crippen LogP contribution in [0.4, 0.5) is 0 Å². The first-order valence-corrected chi connectivity index (χ1v) is 4.90. The molecule has 0 saturated heterocycles. The second kappa shape index (κ2) is 5.38. The molecule has 0 radical (unpaired) electrons. The van der Waals surface area contributed by atoms with Gasteiger partial charge in [-0.25, -0.2) is 0 Å². The van der Waals surface area contributed by atoms with E-state index in [4.69, 9.17) is 4.74 Å². The molecule has 2 nitrogen and oxygen atoms in total. The molecule has 0 unspecified atom stereocenters. The zero-order valence-corrected chi connectivity index (χ0v) is 9.79. The van der Waals surface area contributed by atoms with E-state index in [9.17, 15) is 0 Å². The minimum Gasteiger partial charge on any atom is -0.382 e. The average molecular weight is 185 g/mol. The summed E-state index contributed by atoms with van der Waals surface area (Å²) in [6, 6.07) is 0.296. The molecule has 0 fully saturated rings. The van der Waals surface area contributed by atoms with Crippen LogP contribution in [0.15, 0.2) is 4.99 Å². The summed E-state index contributed by atoms with van der Waals surface area (Å²) in [5.41, 5.74) is 0.168. The van der Waals surface area contributed by atoms with Gasteiger partial charge in [-0.3, -0.25) is 4.99 Å². The van der Waals surface area contributed by atoms with Crippen molar-refractivity contribution in [3.05, 3.63) is 0 Å². The lowest BCUT2D eigenvalue weighted by Crippen LogP contribution is -2.21. The van der Waals surface area contributed by atoms with Gasteiger partial charge in [0.2, 0.25) is 0 Å². The summed E-state index contributed by atoms with van der Waals surface area (Å²) in [6.45, 7) is 11.5. The van der Waals surface area contributed by atoms with Crippen molar-refractivity contribution in [2.75, 3.05) is 13.7 Å². The zero-order valence-electron chi connectivity index (χ0n) is 9.79. The average Bonchev–Trinajstić information content (AvgIpc) is 1.95. The number of hydrogen-bond donors (Lipinski definition) is 0. The first-order chi connectivity index (χ1) is 5.87. The van der Waals surface area contributed by atoms with Crippen LogP contribution in [-0.2, 0) is 4.74 Å². The highest BCUT2D eigenvalue weighted by Crippen LogP contribution is 2.12. The van der Waals surface area contributed by atoms with Crippen molar-refractivity contribution in [3.63, 3.8) is 0 Å². The predicted molar refractivity (Wildman–Crippen MR) is 58.4 cm³/mol. The third-order valence-electron chi connectivity index (χ3n) is 1.76. The maximum atomic E-state index is 5.12. The van der Waals surface area contributed by atoms with Crippen LogP contribution in [0.2, 0.25) is 0 Å². The fourth-order valence-corrected chi connectivity index (χ4v) is 0.898. The Morgan fingerprint density at radius 1 is 1.31 bits per heavy atom. The van der Waals surface area contributed by atoms with E-state index in [1.54, 1.807) is 7.11 Å². The summed E-state index contributed by atoms with van der Waals surface area (Å²) in [6.07, 6.45) is 2.02. The standard InChI is InChI=1S/C11H23NO/c1-9(2)10(7-13-6)12-8-11(3,4)5/h8-10H,7H2,1-6H3/t10-/m1/s1. The van der Waals surface area contributed by atoms with Crippen molar-refractivity contribution in [1.82, 2.24) is 0 Å². The van der Waals surface area contributed by atoms with Gasteiger partial charge in [-0.2, -0.15) is 0 Å². The van der Waals surface area contributed by atoms with Gasteiger partial charge < -0.3 is 4.74 Å². The molecule has 0 aromatic heterocycles. The highest BCUT2D eigenvalue weighted by Gasteiger charge is 2.12. The normalized spacial score (nSPS) is 15.6. The minimum absolute atomic E-state index is 0.168. The van der Waals surface area contributed by atoms with Crippen molar-refractivity contribution in [2.45, 2.75) is 40.7 Å². The molecular weight excluding hydrogens is 162 g/mol. The van der Waals surface area contributed by atoms with Gasteiger partial charge in [0.15, 0.2) is 0 Å². The monoisotopic (exact) mass is 185 g/mol. The molecule has 0 saturated carbocycles. The summed E-state index contributed by atoms with van der Waals surface area (Å²) in [4.78, 5) is 4.53. The molecule has 0 aliphatic rings. The molecule has 0 aromatic carbocycles. The van der Waals surface area contributed by atoms with E-state index in [1.165, 1.54) is 0 Å². The van der Waals surface area contributed by atoms with Gasteiger partial charge in [0, 0.05) is 13.3 Å². The van der Waals surface area contributed by atoms with Crippen LogP contribution in [0.25, 0.3) is 0 Å². The Labute approximate surface area is 82.4 Å². The highest BCUT2D eigenvalue weighted by atomic mass is 16.5. The maximum Gasteiger partial charge on any atom is 0.0752 e. The number of hydrogen-bond acceptors (Lipinski definition) is 2. The van der Waals surface area contributed by atoms with Crippen LogP contribution in [0.5, 0.6) is 0 Å². The molecule has 13 heavy (non-hydrogen) atoms. The van der Waals surface area contributed by atoms with Crippen LogP contribution >= 0.6 is 0 Å². The third kappa shape index (κ3) is 6.76. The smallest absolute Gasteiger partial charge is 0.0752 e. The van der Waals surface area contributed by atoms with Gasteiger partial charge in [-0.15, -0.1) is 0 Å². The van der Waals surface area contributed by atoms with Gasteiger partial charge in [0.25, 0.3) is 0 Å². The van der Waals surface area contributed by atoms with Gasteiger partial charge >= 0.3 is 0 Å². The van der Waals surface area contributed by atoms with E-state index in [1.807, 2.05) is 6.21 Å². The summed E-state index contributed by atoms with van der Waals surface area (Å²) in [7, 11) is 1.72. The molecule has 78 valence electrons. The lowest BCUT2D eigenvalue weighted by Gasteiger charge is -2.18. The van der Waals surface area contributed by atoms with Gasteiger partial charge in [0.05, 0.1) is 12.6 Å². The molecule has 0 aliphatic heterocycles. The molecule has 0 spiro atoms. The highest BCUT2D eigenvalue weighted by molar-refractivity contribution is 5.64. The summed E-state index contributed by atoms with van der Waals surface area (Å²) in [5, 5.41) is 0. The summed E-state index contributed by atoms with van der Waals surface area (Å²) < 4.78 is 5.12. The molecular formula is C11H23NO. The van der Waals surface area contributed by atoms with Crippen molar-refractivity contribution in [1.29, 1.82) is 0 Å². The first kappa shape index (κ1) is 12.6. The molecule has 0 bridgehead atoms. The molecule has 1 atom stereocenters. The summed E-state index contributed by atoms with van der Waals surface area (Å²) >= 11 is 0. The van der Waals surface area contributed by atoms with Crippen molar-refractivity contribution in [3.8, 4) is 0 Å². The number of methoxy groups -OCH3 is 1. The van der Waals surface area contributed by atoms with E-state index in [0.717, 1.165) is 0 Å². The van der Waals surface area contributed by atoms with Gasteiger partial charge in [-0.1, -0.05) is 34.6 Å². The van der Waals surface area contributed by atoms with E-state index in [0.29, 0.717) is 18.6 Å². The first-order valence-electron chi connectivity index (χ1n) is 4.90. The number of aliphatic imine (C=N–C) groups is 1. The molecule has 2 heteroatoms. The molecule has 0 aliphatic carbocycles. The maximum absolute atomic E-state index is 5.12. The number of rotatable bonds is 4. The largest absolute Gasteiger partial charge is 0.382 e. The molecule has 0 aromatic rings. The third-order valence-corrected chi connectivity index (χ3v) is 1.76. The predicted octanol–water partition coefficient (Wildman–Crippen LogP) is 2.77. The second-order valence-electron chi connectivity index (χ2n) is 4.91. The number of ether oxygens (including phenoxy) is 1. The van der Waals surface area contributed by atoms with Crippen molar-refractivity contribution >= 4 is 6.21 Å². The minimum atomic E-state index is 0.168. The fourth-order valence-electron chi connectivity index (χ4n) is 0.898. The Kier molecular flexibility index (Phi) is 5.23. The topological polar surface area (TPSA) is 21.6 Å². The Morgan fingerprint density at radius 3 is 2.15 bits per heavy atom. The van der Waals surface area contributed by atoms with E-state index >= 15 is 0 Å². The molecule has 0 amide bonds. The zero-order chi connectivity index (χ0) is 10.5. The van der Waals surface area contributed by atoms with E-state index < -0.39 is 0 Å². The Balaban J connectivity index is 4.17. The lowest BCUT2D eigenvalue weighted by atomic mass is 9.98. The lowest BCUT2D eigenvalue weighted by molar-refractivity contribution is 0.165. The molecule has 0 rings (SSSR count). The van der Waals surface area contributed by atoms with Crippen LogP contribution < -0.4 is 0 Å².